The molecule has 0 aromatic carbocycles. The van der Waals surface area contributed by atoms with Gasteiger partial charge in [-0.3, -0.25) is 4.79 Å². The van der Waals surface area contributed by atoms with Gasteiger partial charge in [0.2, 0.25) is 5.91 Å². The fraction of sp³-hybridized carbons (Fsp3) is 0.909. The zero-order valence-electron chi connectivity index (χ0n) is 10.5. The lowest BCUT2D eigenvalue weighted by Crippen LogP contribution is -2.48. The Kier molecular flexibility index (Phi) is 4.55. The topological polar surface area (TPSA) is 89.3 Å². The Labute approximate surface area is 103 Å². The van der Waals surface area contributed by atoms with Crippen molar-refractivity contribution >= 4 is 15.7 Å². The van der Waals surface area contributed by atoms with Crippen LogP contribution in [0.4, 0.5) is 0 Å². The number of carbonyl (C=O) groups is 1. The number of amides is 1. The molecule has 1 saturated carbocycles. The lowest BCUT2D eigenvalue weighted by Gasteiger charge is -2.27. The summed E-state index contributed by atoms with van der Waals surface area (Å²) >= 11 is 0. The van der Waals surface area contributed by atoms with Gasteiger partial charge in [-0.25, -0.2) is 8.42 Å². The molecule has 1 fully saturated rings. The summed E-state index contributed by atoms with van der Waals surface area (Å²) in [6, 6.07) is -0.120. The standard InChI is InChI=1S/C11H22N2O3S/c1-3-17(15,16)8-7-13-10(14)11(2)6-4-5-9(11)12/h9H,3-8,12H2,1-2H3,(H,13,14). The minimum absolute atomic E-state index is 0.000554. The molecule has 100 valence electrons. The number of sulfone groups is 1. The summed E-state index contributed by atoms with van der Waals surface area (Å²) in [4.78, 5) is 12.0. The van der Waals surface area contributed by atoms with Crippen LogP contribution in [-0.4, -0.2) is 38.4 Å². The number of nitrogens with two attached hydrogens (primary N) is 1. The first kappa shape index (κ1) is 14.4. The summed E-state index contributed by atoms with van der Waals surface area (Å²) in [7, 11) is -3.02. The molecular weight excluding hydrogens is 240 g/mol. The normalized spacial score (nSPS) is 29.2. The highest BCUT2D eigenvalue weighted by Crippen LogP contribution is 2.36. The Morgan fingerprint density at radius 3 is 2.65 bits per heavy atom. The second-order valence-corrected chi connectivity index (χ2v) is 7.38. The van der Waals surface area contributed by atoms with Gasteiger partial charge in [-0.2, -0.15) is 0 Å². The van der Waals surface area contributed by atoms with E-state index in [2.05, 4.69) is 5.32 Å². The molecule has 0 radical (unpaired) electrons. The lowest BCUT2D eigenvalue weighted by molar-refractivity contribution is -0.130. The molecule has 0 saturated heterocycles. The van der Waals surface area contributed by atoms with E-state index in [1.807, 2.05) is 6.92 Å². The van der Waals surface area contributed by atoms with Gasteiger partial charge in [0.1, 0.15) is 0 Å². The first-order chi connectivity index (χ1) is 7.82. The molecule has 0 spiro atoms. The monoisotopic (exact) mass is 262 g/mol. The fourth-order valence-electron chi connectivity index (χ4n) is 2.14. The molecule has 0 bridgehead atoms. The average molecular weight is 262 g/mol. The maximum absolute atomic E-state index is 12.0. The summed E-state index contributed by atoms with van der Waals surface area (Å²) in [6.07, 6.45) is 2.59. The van der Waals surface area contributed by atoms with Crippen molar-refractivity contribution in [2.45, 2.75) is 39.2 Å². The number of rotatable bonds is 5. The average Bonchev–Trinajstić information content (AvgIpc) is 2.60. The minimum atomic E-state index is -3.02. The van der Waals surface area contributed by atoms with Crippen molar-refractivity contribution in [1.82, 2.24) is 5.32 Å². The van der Waals surface area contributed by atoms with E-state index in [0.717, 1.165) is 19.3 Å². The van der Waals surface area contributed by atoms with Gasteiger partial charge >= 0.3 is 0 Å². The second kappa shape index (κ2) is 5.35. The number of hydrogen-bond donors (Lipinski definition) is 2. The van der Waals surface area contributed by atoms with E-state index in [1.54, 1.807) is 6.92 Å². The summed E-state index contributed by atoms with van der Waals surface area (Å²) < 4.78 is 22.5. The largest absolute Gasteiger partial charge is 0.355 e. The van der Waals surface area contributed by atoms with Gasteiger partial charge in [-0.1, -0.05) is 13.3 Å². The molecule has 1 aliphatic rings. The Bertz CT molecular complexity index is 380. The van der Waals surface area contributed by atoms with E-state index in [4.69, 9.17) is 5.73 Å². The van der Waals surface area contributed by atoms with Crippen LogP contribution < -0.4 is 11.1 Å². The summed E-state index contributed by atoms with van der Waals surface area (Å²) in [5.74, 6) is -0.00553. The van der Waals surface area contributed by atoms with Gasteiger partial charge in [0.05, 0.1) is 11.2 Å². The number of carbonyl (C=O) groups excluding carboxylic acids is 1. The second-order valence-electron chi connectivity index (χ2n) is 4.91. The van der Waals surface area contributed by atoms with Crippen LogP contribution in [0.15, 0.2) is 0 Å². The molecule has 2 unspecified atom stereocenters. The van der Waals surface area contributed by atoms with E-state index in [1.165, 1.54) is 0 Å². The SMILES string of the molecule is CCS(=O)(=O)CCNC(=O)C1(C)CCCC1N. The molecule has 0 heterocycles. The fourth-order valence-corrected chi connectivity index (χ4v) is 2.84. The Morgan fingerprint density at radius 2 is 2.18 bits per heavy atom. The highest BCUT2D eigenvalue weighted by atomic mass is 32.2. The molecule has 1 amide bonds. The molecule has 1 rings (SSSR count). The van der Waals surface area contributed by atoms with Gasteiger partial charge in [-0.05, 0) is 19.8 Å². The highest BCUT2D eigenvalue weighted by Gasteiger charge is 2.42. The molecule has 0 aromatic heterocycles. The molecule has 0 aromatic rings. The lowest BCUT2D eigenvalue weighted by atomic mass is 9.84. The van der Waals surface area contributed by atoms with Crippen molar-refractivity contribution in [1.29, 1.82) is 0 Å². The highest BCUT2D eigenvalue weighted by molar-refractivity contribution is 7.91. The van der Waals surface area contributed by atoms with Crippen LogP contribution in [0.1, 0.15) is 33.1 Å². The molecule has 5 nitrogen and oxygen atoms in total. The minimum Gasteiger partial charge on any atom is -0.355 e. The third-order valence-corrected chi connectivity index (χ3v) is 5.39. The zero-order chi connectivity index (χ0) is 13.1. The summed E-state index contributed by atoms with van der Waals surface area (Å²) in [5.41, 5.74) is 5.39. The maximum Gasteiger partial charge on any atom is 0.227 e. The number of hydrogen-bond acceptors (Lipinski definition) is 4. The van der Waals surface area contributed by atoms with Crippen molar-refractivity contribution < 1.29 is 13.2 Å². The molecule has 17 heavy (non-hydrogen) atoms. The summed E-state index contributed by atoms with van der Waals surface area (Å²) in [5, 5.41) is 2.69. The van der Waals surface area contributed by atoms with E-state index >= 15 is 0 Å². The van der Waals surface area contributed by atoms with Crippen LogP contribution in [0.2, 0.25) is 0 Å². The van der Waals surface area contributed by atoms with Gasteiger partial charge in [0.25, 0.3) is 0 Å². The number of nitrogens with one attached hydrogen (secondary N) is 1. The van der Waals surface area contributed by atoms with E-state index in [-0.39, 0.29) is 30.0 Å². The van der Waals surface area contributed by atoms with E-state index < -0.39 is 15.3 Å². The smallest absolute Gasteiger partial charge is 0.227 e. The molecular formula is C11H22N2O3S. The molecule has 2 atom stereocenters. The Morgan fingerprint density at radius 1 is 1.53 bits per heavy atom. The maximum atomic E-state index is 12.0. The van der Waals surface area contributed by atoms with E-state index in [9.17, 15) is 13.2 Å². The Balaban J connectivity index is 2.45. The van der Waals surface area contributed by atoms with Crippen LogP contribution in [-0.2, 0) is 14.6 Å². The zero-order valence-corrected chi connectivity index (χ0v) is 11.3. The van der Waals surface area contributed by atoms with Crippen molar-refractivity contribution in [3.63, 3.8) is 0 Å². The third kappa shape index (κ3) is 3.42. The van der Waals surface area contributed by atoms with Gasteiger partial charge in [0.15, 0.2) is 9.84 Å². The van der Waals surface area contributed by atoms with Crippen LogP contribution >= 0.6 is 0 Å². The molecule has 1 aliphatic carbocycles. The molecule has 3 N–H and O–H groups in total. The van der Waals surface area contributed by atoms with Crippen molar-refractivity contribution in [2.24, 2.45) is 11.1 Å². The van der Waals surface area contributed by atoms with Crippen molar-refractivity contribution in [2.75, 3.05) is 18.1 Å². The van der Waals surface area contributed by atoms with Crippen LogP contribution in [0, 0.1) is 5.41 Å². The first-order valence-corrected chi connectivity index (χ1v) is 7.88. The predicted molar refractivity (Wildman–Crippen MR) is 67.3 cm³/mol. The van der Waals surface area contributed by atoms with Crippen LogP contribution in [0.5, 0.6) is 0 Å². The van der Waals surface area contributed by atoms with E-state index in [0.29, 0.717) is 0 Å². The van der Waals surface area contributed by atoms with Gasteiger partial charge in [0, 0.05) is 18.3 Å². The van der Waals surface area contributed by atoms with Gasteiger partial charge < -0.3 is 11.1 Å². The van der Waals surface area contributed by atoms with Crippen LogP contribution in [0.3, 0.4) is 0 Å². The van der Waals surface area contributed by atoms with Gasteiger partial charge in [-0.15, -0.1) is 0 Å². The quantitative estimate of drug-likeness (QED) is 0.733. The predicted octanol–water partition coefficient (Wildman–Crippen LogP) is 0.0548. The third-order valence-electron chi connectivity index (χ3n) is 3.69. The first-order valence-electron chi connectivity index (χ1n) is 6.06. The molecule has 0 aliphatic heterocycles. The van der Waals surface area contributed by atoms with Crippen molar-refractivity contribution in [3.8, 4) is 0 Å². The Hall–Kier alpha value is -0.620. The van der Waals surface area contributed by atoms with Crippen LogP contribution in [0.25, 0.3) is 0 Å². The van der Waals surface area contributed by atoms with Crippen molar-refractivity contribution in [3.05, 3.63) is 0 Å². The molecule has 6 heteroatoms. The summed E-state index contributed by atoms with van der Waals surface area (Å²) in [6.45, 7) is 3.64.